The van der Waals surface area contributed by atoms with E-state index in [9.17, 15) is 24.3 Å². The van der Waals surface area contributed by atoms with Crippen LogP contribution in [-0.4, -0.2) is 98.7 Å². The molecule has 2 fully saturated rings. The zero-order valence-corrected chi connectivity index (χ0v) is 16.4. The number of carbonyl (C=O) groups is 4. The standard InChI is InChI=1S/C16H27N5O6S/c1-8(23)12(13(18)24)19-14(25)10-3-2-4-20(10)16(27)11-6-28-7-21(11)15(26)9(17)5-22/h8-12,22-23H,2-7,17H2,1H3,(H2,18,24)(H,19,25)/t8-,9+,10+,11+,12+/m1/s1. The van der Waals surface area contributed by atoms with Gasteiger partial charge in [0.05, 0.1) is 18.6 Å². The first-order valence-corrected chi connectivity index (χ1v) is 10.2. The van der Waals surface area contributed by atoms with Crippen LogP contribution in [0.3, 0.4) is 0 Å². The lowest BCUT2D eigenvalue weighted by atomic mass is 10.1. The number of nitrogens with two attached hydrogens (primary N) is 2. The van der Waals surface area contributed by atoms with Crippen LogP contribution in [0.5, 0.6) is 0 Å². The van der Waals surface area contributed by atoms with Crippen molar-refractivity contribution >= 4 is 35.4 Å². The molecule has 7 N–H and O–H groups in total. The summed E-state index contributed by atoms with van der Waals surface area (Å²) >= 11 is 1.39. The lowest BCUT2D eigenvalue weighted by Gasteiger charge is -2.32. The van der Waals surface area contributed by atoms with E-state index in [0.717, 1.165) is 0 Å². The molecule has 28 heavy (non-hydrogen) atoms. The van der Waals surface area contributed by atoms with Crippen molar-refractivity contribution in [2.24, 2.45) is 11.5 Å². The van der Waals surface area contributed by atoms with E-state index in [1.807, 2.05) is 0 Å². The van der Waals surface area contributed by atoms with E-state index in [1.165, 1.54) is 28.5 Å². The Labute approximate surface area is 166 Å². The van der Waals surface area contributed by atoms with Gasteiger partial charge >= 0.3 is 0 Å². The molecule has 2 saturated heterocycles. The first-order valence-electron chi connectivity index (χ1n) is 9.02. The van der Waals surface area contributed by atoms with Gasteiger partial charge in [-0.05, 0) is 19.8 Å². The number of amides is 4. The zero-order chi connectivity index (χ0) is 21.0. The number of primary amides is 1. The largest absolute Gasteiger partial charge is 0.394 e. The molecule has 0 aromatic carbocycles. The van der Waals surface area contributed by atoms with Crippen LogP contribution < -0.4 is 16.8 Å². The molecular weight excluding hydrogens is 390 g/mol. The Morgan fingerprint density at radius 3 is 2.50 bits per heavy atom. The summed E-state index contributed by atoms with van der Waals surface area (Å²) in [6.45, 7) is 1.14. The Kier molecular flexibility index (Phi) is 7.63. The normalized spacial score (nSPS) is 25.3. The molecule has 2 aliphatic heterocycles. The zero-order valence-electron chi connectivity index (χ0n) is 15.6. The lowest BCUT2D eigenvalue weighted by molar-refractivity contribution is -0.147. The predicted molar refractivity (Wildman–Crippen MR) is 101 cm³/mol. The number of thioether (sulfide) groups is 1. The maximum absolute atomic E-state index is 13.0. The fourth-order valence-electron chi connectivity index (χ4n) is 3.33. The van der Waals surface area contributed by atoms with Gasteiger partial charge in [0, 0.05) is 12.3 Å². The van der Waals surface area contributed by atoms with Gasteiger partial charge in [-0.1, -0.05) is 0 Å². The third-order valence-corrected chi connectivity index (χ3v) is 5.90. The van der Waals surface area contributed by atoms with Crippen molar-refractivity contribution < 1.29 is 29.4 Å². The van der Waals surface area contributed by atoms with Gasteiger partial charge in [0.2, 0.25) is 23.6 Å². The van der Waals surface area contributed by atoms with Crippen LogP contribution >= 0.6 is 11.8 Å². The molecule has 0 bridgehead atoms. The second-order valence-electron chi connectivity index (χ2n) is 6.93. The van der Waals surface area contributed by atoms with Crippen molar-refractivity contribution in [3.05, 3.63) is 0 Å². The third kappa shape index (κ3) is 4.74. The quantitative estimate of drug-likeness (QED) is 0.284. The van der Waals surface area contributed by atoms with Crippen molar-refractivity contribution in [3.8, 4) is 0 Å². The molecule has 5 atom stereocenters. The highest BCUT2D eigenvalue weighted by molar-refractivity contribution is 7.99. The van der Waals surface area contributed by atoms with Gasteiger partial charge < -0.3 is 36.8 Å². The number of aliphatic hydroxyl groups is 2. The van der Waals surface area contributed by atoms with Crippen molar-refractivity contribution in [2.75, 3.05) is 24.8 Å². The van der Waals surface area contributed by atoms with Gasteiger partial charge in [0.15, 0.2) is 0 Å². The van der Waals surface area contributed by atoms with Gasteiger partial charge in [0.1, 0.15) is 24.2 Å². The van der Waals surface area contributed by atoms with Crippen molar-refractivity contribution in [2.45, 2.75) is 50.0 Å². The number of hydrogen-bond acceptors (Lipinski definition) is 8. The van der Waals surface area contributed by atoms with Gasteiger partial charge in [0.25, 0.3) is 0 Å². The second-order valence-corrected chi connectivity index (χ2v) is 7.93. The van der Waals surface area contributed by atoms with E-state index in [0.29, 0.717) is 25.1 Å². The van der Waals surface area contributed by atoms with E-state index in [2.05, 4.69) is 5.32 Å². The van der Waals surface area contributed by atoms with E-state index in [4.69, 9.17) is 16.6 Å². The van der Waals surface area contributed by atoms with Crippen LogP contribution in [0, 0.1) is 0 Å². The summed E-state index contributed by atoms with van der Waals surface area (Å²) in [7, 11) is 0. The van der Waals surface area contributed by atoms with E-state index in [-0.39, 0.29) is 11.8 Å². The topological polar surface area (TPSA) is 179 Å². The summed E-state index contributed by atoms with van der Waals surface area (Å²) in [4.78, 5) is 52.1. The maximum Gasteiger partial charge on any atom is 0.246 e. The first kappa shape index (κ1) is 22.4. The molecule has 0 aliphatic carbocycles. The number of carbonyl (C=O) groups excluding carboxylic acids is 4. The van der Waals surface area contributed by atoms with Crippen LogP contribution in [-0.2, 0) is 19.2 Å². The smallest absolute Gasteiger partial charge is 0.246 e. The summed E-state index contributed by atoms with van der Waals surface area (Å²) in [6.07, 6.45) is -0.192. The molecule has 0 radical (unpaired) electrons. The molecule has 11 nitrogen and oxygen atoms in total. The molecule has 2 rings (SSSR count). The SMILES string of the molecule is C[C@@H](O)[C@H](NC(=O)[C@@H]1CCCN1C(=O)[C@@H]1CSCN1C(=O)[C@@H](N)CO)C(N)=O. The number of aliphatic hydroxyl groups excluding tert-OH is 2. The fourth-order valence-corrected chi connectivity index (χ4v) is 4.48. The molecule has 12 heteroatoms. The number of likely N-dealkylation sites (tertiary alicyclic amines) is 1. The predicted octanol–water partition coefficient (Wildman–Crippen LogP) is -3.45. The van der Waals surface area contributed by atoms with Crippen LogP contribution in [0.15, 0.2) is 0 Å². The summed E-state index contributed by atoms with van der Waals surface area (Å²) in [6, 6.07) is -3.95. The Morgan fingerprint density at radius 2 is 1.93 bits per heavy atom. The minimum absolute atomic E-state index is 0.277. The summed E-state index contributed by atoms with van der Waals surface area (Å²) in [5, 5.41) is 21.1. The summed E-state index contributed by atoms with van der Waals surface area (Å²) in [5.74, 6) is -1.71. The number of rotatable bonds is 7. The van der Waals surface area contributed by atoms with Crippen molar-refractivity contribution in [3.63, 3.8) is 0 Å². The van der Waals surface area contributed by atoms with Crippen LogP contribution in [0.2, 0.25) is 0 Å². The Hall–Kier alpha value is -1.89. The van der Waals surface area contributed by atoms with Gasteiger partial charge in [-0.3, -0.25) is 19.2 Å². The van der Waals surface area contributed by atoms with Crippen molar-refractivity contribution in [1.82, 2.24) is 15.1 Å². The Balaban J connectivity index is 2.10. The average molecular weight is 417 g/mol. The molecule has 2 heterocycles. The highest BCUT2D eigenvalue weighted by atomic mass is 32.2. The van der Waals surface area contributed by atoms with Crippen molar-refractivity contribution in [1.29, 1.82) is 0 Å². The fraction of sp³-hybridized carbons (Fsp3) is 0.750. The Bertz CT molecular complexity index is 633. The molecular formula is C16H27N5O6S. The molecule has 158 valence electrons. The maximum atomic E-state index is 13.0. The summed E-state index contributed by atoms with van der Waals surface area (Å²) in [5.41, 5.74) is 10.8. The Morgan fingerprint density at radius 1 is 1.25 bits per heavy atom. The van der Waals surface area contributed by atoms with Crippen LogP contribution in [0.4, 0.5) is 0 Å². The third-order valence-electron chi connectivity index (χ3n) is 4.89. The number of nitrogens with one attached hydrogen (secondary N) is 1. The number of nitrogens with zero attached hydrogens (tertiary/aromatic N) is 2. The monoisotopic (exact) mass is 417 g/mol. The van der Waals surface area contributed by atoms with E-state index < -0.39 is 54.6 Å². The van der Waals surface area contributed by atoms with Gasteiger partial charge in [-0.15, -0.1) is 11.8 Å². The minimum atomic E-state index is -1.26. The van der Waals surface area contributed by atoms with Crippen LogP contribution in [0.1, 0.15) is 19.8 Å². The van der Waals surface area contributed by atoms with Gasteiger partial charge in [-0.2, -0.15) is 0 Å². The lowest BCUT2D eigenvalue weighted by Crippen LogP contribution is -2.58. The molecule has 0 aromatic rings. The van der Waals surface area contributed by atoms with Crippen LogP contribution in [0.25, 0.3) is 0 Å². The highest BCUT2D eigenvalue weighted by Crippen LogP contribution is 2.27. The highest BCUT2D eigenvalue weighted by Gasteiger charge is 2.43. The summed E-state index contributed by atoms with van der Waals surface area (Å²) < 4.78 is 0. The molecule has 0 aromatic heterocycles. The molecule has 4 amide bonds. The molecule has 0 saturated carbocycles. The molecule has 0 spiro atoms. The molecule has 0 unspecified atom stereocenters. The average Bonchev–Trinajstić information content (AvgIpc) is 3.32. The minimum Gasteiger partial charge on any atom is -0.394 e. The van der Waals surface area contributed by atoms with Gasteiger partial charge in [-0.25, -0.2) is 0 Å². The van der Waals surface area contributed by atoms with E-state index >= 15 is 0 Å². The number of hydrogen-bond donors (Lipinski definition) is 5. The van der Waals surface area contributed by atoms with E-state index in [1.54, 1.807) is 0 Å². The second kappa shape index (κ2) is 9.54. The molecule has 2 aliphatic rings. The first-order chi connectivity index (χ1) is 13.2.